The number of anilines is 1. The van der Waals surface area contributed by atoms with E-state index in [0.717, 1.165) is 0 Å². The molecule has 3 rings (SSSR count). The van der Waals surface area contributed by atoms with Crippen LogP contribution < -0.4 is 5.73 Å². The third kappa shape index (κ3) is 1.74. The molecule has 0 unspecified atom stereocenters. The smallest absolute Gasteiger partial charge is 0.181 e. The summed E-state index contributed by atoms with van der Waals surface area (Å²) in [5.74, 6) is 0.235. The summed E-state index contributed by atoms with van der Waals surface area (Å²) in [5.41, 5.74) is 6.00. The Morgan fingerprint density at radius 1 is 1.47 bits per heavy atom. The minimum atomic E-state index is -1.69. The first-order valence-corrected chi connectivity index (χ1v) is 5.65. The third-order valence-corrected chi connectivity index (χ3v) is 3.13. The van der Waals surface area contributed by atoms with Crippen molar-refractivity contribution in [3.63, 3.8) is 0 Å². The lowest BCUT2D eigenvalue weighted by Crippen LogP contribution is -2.29. The molecule has 0 saturated carbocycles. The van der Waals surface area contributed by atoms with Crippen molar-refractivity contribution >= 4 is 16.9 Å². The van der Waals surface area contributed by atoms with Crippen molar-refractivity contribution in [3.05, 3.63) is 12.5 Å². The number of hydrogen-bond acceptors (Lipinski definition) is 7. The van der Waals surface area contributed by atoms with Gasteiger partial charge in [0.1, 0.15) is 24.4 Å². The molecule has 0 aromatic carbocycles. The number of aromatic nitrogens is 4. The monoisotopic (exact) mass is 269 g/mol. The predicted octanol–water partition coefficient (Wildman–Crippen LogP) is -1.00. The first-order chi connectivity index (χ1) is 9.13. The van der Waals surface area contributed by atoms with Crippen LogP contribution >= 0.6 is 0 Å². The average molecular weight is 269 g/mol. The molecule has 2 aromatic heterocycles. The van der Waals surface area contributed by atoms with Crippen LogP contribution in [-0.2, 0) is 4.74 Å². The second-order valence-electron chi connectivity index (χ2n) is 4.27. The summed E-state index contributed by atoms with van der Waals surface area (Å²) < 4.78 is 20.2. The maximum Gasteiger partial charge on any atom is 0.181 e. The molecular formula is C10H12FN5O3. The highest BCUT2D eigenvalue weighted by Crippen LogP contribution is 2.32. The molecule has 8 nitrogen and oxygen atoms in total. The van der Waals surface area contributed by atoms with Crippen LogP contribution in [0, 0.1) is 0 Å². The topological polar surface area (TPSA) is 119 Å². The number of rotatable bonds is 2. The summed E-state index contributed by atoms with van der Waals surface area (Å²) in [5, 5.41) is 23.3. The van der Waals surface area contributed by atoms with Crippen molar-refractivity contribution in [2.45, 2.75) is 24.6 Å². The minimum absolute atomic E-state index is 0.235. The second kappa shape index (κ2) is 4.37. The van der Waals surface area contributed by atoms with Crippen LogP contribution in [0.15, 0.2) is 12.5 Å². The number of fused-ring (bicyclic) bond motifs is 1. The maximum absolute atomic E-state index is 13.7. The highest BCUT2D eigenvalue weighted by atomic mass is 19.1. The van der Waals surface area contributed by atoms with Gasteiger partial charge in [-0.05, 0) is 0 Å². The molecule has 4 atom stereocenters. The summed E-state index contributed by atoms with van der Waals surface area (Å²) in [6.07, 6.45) is -2.60. The van der Waals surface area contributed by atoms with Crippen molar-refractivity contribution in [1.29, 1.82) is 0 Å². The first kappa shape index (κ1) is 12.2. The number of aliphatic hydroxyl groups excluding tert-OH is 2. The van der Waals surface area contributed by atoms with Crippen molar-refractivity contribution < 1.29 is 19.3 Å². The van der Waals surface area contributed by atoms with E-state index in [1.807, 2.05) is 0 Å². The maximum atomic E-state index is 13.7. The Balaban J connectivity index is 2.04. The number of nitrogen functional groups attached to an aromatic ring is 1. The summed E-state index contributed by atoms with van der Waals surface area (Å²) in [4.78, 5) is 7.80. The molecule has 0 aliphatic carbocycles. The largest absolute Gasteiger partial charge is 0.394 e. The van der Waals surface area contributed by atoms with E-state index < -0.39 is 31.2 Å². The van der Waals surface area contributed by atoms with Crippen molar-refractivity contribution in [1.82, 2.24) is 19.7 Å². The van der Waals surface area contributed by atoms with E-state index in [0.29, 0.717) is 11.0 Å². The van der Waals surface area contributed by atoms with Crippen molar-refractivity contribution in [2.75, 3.05) is 12.3 Å². The number of halogens is 1. The number of alkyl halides is 1. The fraction of sp³-hybridized carbons (Fsp3) is 0.500. The minimum Gasteiger partial charge on any atom is -0.394 e. The van der Waals surface area contributed by atoms with E-state index in [-0.39, 0.29) is 5.82 Å². The second-order valence-corrected chi connectivity index (χ2v) is 4.27. The van der Waals surface area contributed by atoms with Gasteiger partial charge in [0, 0.05) is 0 Å². The molecule has 0 amide bonds. The molecular weight excluding hydrogens is 257 g/mol. The van der Waals surface area contributed by atoms with Crippen molar-refractivity contribution in [3.8, 4) is 0 Å². The van der Waals surface area contributed by atoms with Gasteiger partial charge < -0.3 is 20.7 Å². The van der Waals surface area contributed by atoms with Gasteiger partial charge in [-0.1, -0.05) is 0 Å². The molecule has 0 radical (unpaired) electrons. The number of nitrogens with zero attached hydrogens (tertiary/aromatic N) is 4. The molecule has 1 fully saturated rings. The van der Waals surface area contributed by atoms with Crippen LogP contribution in [0.25, 0.3) is 11.0 Å². The number of ether oxygens (including phenoxy) is 1. The van der Waals surface area contributed by atoms with Crippen LogP contribution in [0.5, 0.6) is 0 Å². The highest BCUT2D eigenvalue weighted by Gasteiger charge is 2.45. The predicted molar refractivity (Wildman–Crippen MR) is 61.6 cm³/mol. The summed E-state index contributed by atoms with van der Waals surface area (Å²) >= 11 is 0. The fourth-order valence-corrected chi connectivity index (χ4v) is 2.12. The van der Waals surface area contributed by atoms with Gasteiger partial charge in [-0.25, -0.2) is 19.0 Å². The van der Waals surface area contributed by atoms with Gasteiger partial charge in [0.05, 0.1) is 18.2 Å². The van der Waals surface area contributed by atoms with Crippen LogP contribution in [0.1, 0.15) is 6.23 Å². The number of aliphatic hydroxyl groups is 2. The lowest BCUT2D eigenvalue weighted by atomic mass is 10.1. The lowest BCUT2D eigenvalue weighted by Gasteiger charge is -2.15. The van der Waals surface area contributed by atoms with E-state index in [1.54, 1.807) is 0 Å². The van der Waals surface area contributed by atoms with Crippen LogP contribution in [-0.4, -0.2) is 54.9 Å². The molecule has 9 heteroatoms. The molecule has 1 aliphatic rings. The Kier molecular flexibility index (Phi) is 2.81. The SMILES string of the molecule is Nc1ncnc2c1cnn2[C@@H]1O[C@H](CO)[C@@H](F)[C@H]1O. The fourth-order valence-electron chi connectivity index (χ4n) is 2.12. The molecule has 0 bridgehead atoms. The van der Waals surface area contributed by atoms with Gasteiger partial charge in [0.15, 0.2) is 18.0 Å². The van der Waals surface area contributed by atoms with E-state index in [1.165, 1.54) is 17.2 Å². The van der Waals surface area contributed by atoms with E-state index >= 15 is 0 Å². The zero-order valence-corrected chi connectivity index (χ0v) is 9.72. The van der Waals surface area contributed by atoms with Crippen LogP contribution in [0.3, 0.4) is 0 Å². The van der Waals surface area contributed by atoms with Gasteiger partial charge in [0.25, 0.3) is 0 Å². The quantitative estimate of drug-likeness (QED) is 0.639. The Bertz CT molecular complexity index is 606. The molecule has 3 heterocycles. The third-order valence-electron chi connectivity index (χ3n) is 3.13. The zero-order valence-electron chi connectivity index (χ0n) is 9.72. The van der Waals surface area contributed by atoms with E-state index in [4.69, 9.17) is 15.6 Å². The van der Waals surface area contributed by atoms with Gasteiger partial charge in [-0.3, -0.25) is 0 Å². The number of hydrogen-bond donors (Lipinski definition) is 3. The highest BCUT2D eigenvalue weighted by molar-refractivity contribution is 5.84. The van der Waals surface area contributed by atoms with Crippen LogP contribution in [0.4, 0.5) is 10.2 Å². The molecule has 1 saturated heterocycles. The lowest BCUT2D eigenvalue weighted by molar-refractivity contribution is -0.0555. The molecule has 2 aromatic rings. The van der Waals surface area contributed by atoms with E-state index in [2.05, 4.69) is 15.1 Å². The molecule has 4 N–H and O–H groups in total. The van der Waals surface area contributed by atoms with Crippen molar-refractivity contribution in [2.24, 2.45) is 0 Å². The van der Waals surface area contributed by atoms with Crippen LogP contribution in [0.2, 0.25) is 0 Å². The first-order valence-electron chi connectivity index (χ1n) is 5.65. The summed E-state index contributed by atoms with van der Waals surface area (Å²) in [7, 11) is 0. The number of nitrogens with two attached hydrogens (primary N) is 1. The summed E-state index contributed by atoms with van der Waals surface area (Å²) in [6, 6.07) is 0. The Morgan fingerprint density at radius 2 is 2.26 bits per heavy atom. The molecule has 102 valence electrons. The van der Waals surface area contributed by atoms with Gasteiger partial charge in [-0.15, -0.1) is 0 Å². The Labute approximate surface area is 106 Å². The van der Waals surface area contributed by atoms with Gasteiger partial charge in [0.2, 0.25) is 0 Å². The van der Waals surface area contributed by atoms with E-state index in [9.17, 15) is 9.50 Å². The van der Waals surface area contributed by atoms with Gasteiger partial charge >= 0.3 is 0 Å². The molecule has 19 heavy (non-hydrogen) atoms. The Hall–Kier alpha value is -1.84. The Morgan fingerprint density at radius 3 is 2.95 bits per heavy atom. The summed E-state index contributed by atoms with van der Waals surface area (Å²) in [6.45, 7) is -0.523. The zero-order chi connectivity index (χ0) is 13.6. The van der Waals surface area contributed by atoms with Gasteiger partial charge in [-0.2, -0.15) is 5.10 Å². The normalized spacial score (nSPS) is 31.1. The molecule has 1 aliphatic heterocycles. The molecule has 0 spiro atoms. The average Bonchev–Trinajstić information content (AvgIpc) is 2.94. The standard InChI is InChI=1S/C10H12FN5O3/c11-6-5(2-17)19-10(7(6)18)16-9-4(1-15-16)8(12)13-3-14-9/h1,3,5-7,10,17-18H,2H2,(H2,12,13,14)/t5-,6-,7-,10-/m1/s1.